The number of hydrogen-bond donors (Lipinski definition) is 1. The molecule has 0 bridgehead atoms. The van der Waals surface area contributed by atoms with E-state index in [-0.39, 0.29) is 11.5 Å². The van der Waals surface area contributed by atoms with Gasteiger partial charge in [0.1, 0.15) is 0 Å². The Morgan fingerprint density at radius 2 is 2.21 bits per heavy atom. The highest BCUT2D eigenvalue weighted by Crippen LogP contribution is 2.42. The molecular weight excluding hydrogens is 238 g/mol. The average Bonchev–Trinajstić information content (AvgIpc) is 2.71. The predicted octanol–water partition coefficient (Wildman–Crippen LogP) is 3.23. The minimum absolute atomic E-state index is 0.194. The summed E-state index contributed by atoms with van der Waals surface area (Å²) in [7, 11) is 0. The fraction of sp³-hybridized carbons (Fsp3) is 0.750. The fourth-order valence-electron chi connectivity index (χ4n) is 3.72. The third-order valence-corrected chi connectivity index (χ3v) is 4.66. The first-order chi connectivity index (χ1) is 8.96. The summed E-state index contributed by atoms with van der Waals surface area (Å²) in [6.07, 6.45) is 6.33. The van der Waals surface area contributed by atoms with Crippen LogP contribution in [0, 0.1) is 5.41 Å². The van der Waals surface area contributed by atoms with Crippen molar-refractivity contribution < 1.29 is 9.84 Å². The Hall–Kier alpha value is -0.800. The maximum atomic E-state index is 10.3. The van der Waals surface area contributed by atoms with Gasteiger partial charge in [-0.1, -0.05) is 13.8 Å². The highest BCUT2D eigenvalue weighted by molar-refractivity contribution is 5.29. The molecule has 1 fully saturated rings. The maximum absolute atomic E-state index is 10.3. The van der Waals surface area contributed by atoms with Gasteiger partial charge in [-0.05, 0) is 44.1 Å². The van der Waals surface area contributed by atoms with Crippen LogP contribution in [0.5, 0.6) is 0 Å². The van der Waals surface area contributed by atoms with Crippen LogP contribution < -0.4 is 0 Å². The van der Waals surface area contributed by atoms with Crippen molar-refractivity contribution in [2.24, 2.45) is 5.41 Å². The van der Waals surface area contributed by atoms with Gasteiger partial charge in [0.05, 0.1) is 12.2 Å². The molecule has 3 atom stereocenters. The monoisotopic (exact) mass is 263 g/mol. The van der Waals surface area contributed by atoms with Crippen molar-refractivity contribution >= 4 is 0 Å². The quantitative estimate of drug-likeness (QED) is 0.844. The Kier molecular flexibility index (Phi) is 3.22. The van der Waals surface area contributed by atoms with E-state index in [0.717, 1.165) is 37.9 Å². The number of aliphatic hydroxyl groups excluding tert-OH is 1. The molecule has 3 rings (SSSR count). The van der Waals surface area contributed by atoms with Crippen molar-refractivity contribution in [1.82, 2.24) is 4.57 Å². The van der Waals surface area contributed by atoms with Crippen LogP contribution in [0.3, 0.4) is 0 Å². The van der Waals surface area contributed by atoms with Crippen molar-refractivity contribution in [3.05, 3.63) is 23.5 Å². The van der Waals surface area contributed by atoms with Crippen LogP contribution in [-0.4, -0.2) is 22.4 Å². The maximum Gasteiger partial charge on any atom is 0.0812 e. The molecule has 1 N–H and O–H groups in total. The van der Waals surface area contributed by atoms with E-state index in [0.29, 0.717) is 12.1 Å². The second-order valence-electron chi connectivity index (χ2n) is 7.05. The van der Waals surface area contributed by atoms with Gasteiger partial charge in [-0.3, -0.25) is 0 Å². The van der Waals surface area contributed by atoms with Crippen LogP contribution in [0.1, 0.15) is 63.4 Å². The summed E-state index contributed by atoms with van der Waals surface area (Å²) < 4.78 is 8.06. The van der Waals surface area contributed by atoms with Gasteiger partial charge >= 0.3 is 0 Å². The molecule has 2 heterocycles. The van der Waals surface area contributed by atoms with Gasteiger partial charge in [-0.2, -0.15) is 0 Å². The van der Waals surface area contributed by atoms with E-state index >= 15 is 0 Å². The molecule has 3 unspecified atom stereocenters. The topological polar surface area (TPSA) is 34.4 Å². The van der Waals surface area contributed by atoms with E-state index in [1.54, 1.807) is 0 Å². The van der Waals surface area contributed by atoms with Gasteiger partial charge in [0.2, 0.25) is 0 Å². The van der Waals surface area contributed by atoms with Gasteiger partial charge in [-0.25, -0.2) is 0 Å². The first-order valence-corrected chi connectivity index (χ1v) is 7.45. The Morgan fingerprint density at radius 3 is 2.95 bits per heavy atom. The lowest BCUT2D eigenvalue weighted by molar-refractivity contribution is 0.00473. The first kappa shape index (κ1) is 13.2. The zero-order valence-corrected chi connectivity index (χ0v) is 12.2. The standard InChI is InChI=1S/C16H25NO2/c1-11-8-12(5-7-19-11)17-6-4-13-14(17)9-16(2,3)10-15(13)18/h4,6,11-12,15,18H,5,7-10H2,1-3H3. The third kappa shape index (κ3) is 2.46. The normalized spacial score (nSPS) is 34.0. The Morgan fingerprint density at radius 1 is 1.42 bits per heavy atom. The van der Waals surface area contributed by atoms with Gasteiger partial charge in [0.25, 0.3) is 0 Å². The number of hydrogen-bond acceptors (Lipinski definition) is 2. The molecule has 0 saturated carbocycles. The predicted molar refractivity (Wildman–Crippen MR) is 75.2 cm³/mol. The Bertz CT molecular complexity index is 463. The molecule has 1 saturated heterocycles. The summed E-state index contributed by atoms with van der Waals surface area (Å²) in [6.45, 7) is 7.51. The van der Waals surface area contributed by atoms with E-state index < -0.39 is 0 Å². The van der Waals surface area contributed by atoms with Gasteiger partial charge < -0.3 is 14.4 Å². The number of nitrogens with zero attached hydrogens (tertiary/aromatic N) is 1. The summed E-state index contributed by atoms with van der Waals surface area (Å²) in [4.78, 5) is 0. The van der Waals surface area contributed by atoms with Crippen LogP contribution in [0.15, 0.2) is 12.3 Å². The molecule has 0 aromatic carbocycles. The molecule has 1 aromatic heterocycles. The summed E-state index contributed by atoms with van der Waals surface area (Å²) in [5.74, 6) is 0. The van der Waals surface area contributed by atoms with Crippen LogP contribution in [0.2, 0.25) is 0 Å². The molecule has 1 aromatic rings. The molecule has 3 heteroatoms. The summed E-state index contributed by atoms with van der Waals surface area (Å²) >= 11 is 0. The zero-order valence-electron chi connectivity index (χ0n) is 12.2. The fourth-order valence-corrected chi connectivity index (χ4v) is 3.72. The summed E-state index contributed by atoms with van der Waals surface area (Å²) in [6, 6.07) is 2.66. The van der Waals surface area contributed by atoms with Gasteiger partial charge in [-0.15, -0.1) is 0 Å². The minimum atomic E-state index is -0.294. The van der Waals surface area contributed by atoms with E-state index in [4.69, 9.17) is 4.74 Å². The Balaban J connectivity index is 1.92. The van der Waals surface area contributed by atoms with Crippen LogP contribution in [0.25, 0.3) is 0 Å². The lowest BCUT2D eigenvalue weighted by Crippen LogP contribution is -2.30. The number of fused-ring (bicyclic) bond motifs is 1. The number of aromatic nitrogens is 1. The zero-order chi connectivity index (χ0) is 13.6. The third-order valence-electron chi connectivity index (χ3n) is 4.66. The molecule has 106 valence electrons. The lowest BCUT2D eigenvalue weighted by Gasteiger charge is -2.36. The second kappa shape index (κ2) is 4.64. The lowest BCUT2D eigenvalue weighted by atomic mass is 9.75. The highest BCUT2D eigenvalue weighted by Gasteiger charge is 2.34. The van der Waals surface area contributed by atoms with Crippen LogP contribution >= 0.6 is 0 Å². The van der Waals surface area contributed by atoms with E-state index in [1.807, 2.05) is 0 Å². The van der Waals surface area contributed by atoms with Crippen molar-refractivity contribution in [1.29, 1.82) is 0 Å². The smallest absolute Gasteiger partial charge is 0.0812 e. The first-order valence-electron chi connectivity index (χ1n) is 7.45. The molecule has 19 heavy (non-hydrogen) atoms. The van der Waals surface area contributed by atoms with Crippen LogP contribution in [0.4, 0.5) is 0 Å². The molecule has 2 aliphatic rings. The molecule has 1 aliphatic carbocycles. The minimum Gasteiger partial charge on any atom is -0.388 e. The molecule has 1 aliphatic heterocycles. The van der Waals surface area contributed by atoms with E-state index in [2.05, 4.69) is 37.6 Å². The largest absolute Gasteiger partial charge is 0.388 e. The molecule has 0 radical (unpaired) electrons. The van der Waals surface area contributed by atoms with Crippen molar-refractivity contribution in [3.8, 4) is 0 Å². The molecular formula is C16H25NO2. The number of aliphatic hydroxyl groups is 1. The van der Waals surface area contributed by atoms with Crippen LogP contribution in [-0.2, 0) is 11.2 Å². The molecule has 0 amide bonds. The van der Waals surface area contributed by atoms with Crippen molar-refractivity contribution in [3.63, 3.8) is 0 Å². The van der Waals surface area contributed by atoms with Gasteiger partial charge in [0, 0.05) is 30.1 Å². The molecule has 3 nitrogen and oxygen atoms in total. The summed E-state index contributed by atoms with van der Waals surface area (Å²) in [5.41, 5.74) is 2.69. The average molecular weight is 263 g/mol. The molecule has 0 spiro atoms. The summed E-state index contributed by atoms with van der Waals surface area (Å²) in [5, 5.41) is 10.3. The highest BCUT2D eigenvalue weighted by atomic mass is 16.5. The number of rotatable bonds is 1. The Labute approximate surface area is 115 Å². The van der Waals surface area contributed by atoms with Gasteiger partial charge in [0.15, 0.2) is 0 Å². The van der Waals surface area contributed by atoms with E-state index in [9.17, 15) is 5.11 Å². The van der Waals surface area contributed by atoms with E-state index in [1.165, 1.54) is 5.69 Å². The number of ether oxygens (including phenoxy) is 1. The van der Waals surface area contributed by atoms with Crippen molar-refractivity contribution in [2.45, 2.75) is 64.7 Å². The second-order valence-corrected chi connectivity index (χ2v) is 7.05. The SMILES string of the molecule is CC1CC(n2ccc3c2CC(C)(C)CC3O)CCO1. The van der Waals surface area contributed by atoms with Crippen molar-refractivity contribution in [2.75, 3.05) is 6.61 Å².